The number of hydrogen-bond donors (Lipinski definition) is 2. The first-order valence-electron chi connectivity index (χ1n) is 7.23. The molecule has 1 saturated carbocycles. The first-order valence-corrected chi connectivity index (χ1v) is 7.23. The maximum absolute atomic E-state index is 12.0. The molecule has 104 valence electrons. The molecule has 1 heterocycles. The lowest BCUT2D eigenvalue weighted by Crippen LogP contribution is -2.43. The number of nitrogens with zero attached hydrogens (tertiary/aromatic N) is 2. The second kappa shape index (κ2) is 4.87. The number of hydrogen-bond acceptors (Lipinski definition) is 2. The fourth-order valence-corrected chi connectivity index (χ4v) is 2.98. The Hall–Kier alpha value is -1.52. The molecule has 0 bridgehead atoms. The number of amides is 2. The molecule has 3 rings (SSSR count). The zero-order chi connectivity index (χ0) is 13.4. The van der Waals surface area contributed by atoms with Crippen LogP contribution >= 0.6 is 0 Å². The third-order valence-corrected chi connectivity index (χ3v) is 4.37. The monoisotopic (exact) mass is 262 g/mol. The lowest BCUT2D eigenvalue weighted by atomic mass is 9.93. The highest BCUT2D eigenvalue weighted by molar-refractivity contribution is 5.74. The summed E-state index contributed by atoms with van der Waals surface area (Å²) in [6.45, 7) is 2.09. The molecule has 2 unspecified atom stereocenters. The maximum atomic E-state index is 12.0. The largest absolute Gasteiger partial charge is 0.335 e. The van der Waals surface area contributed by atoms with Crippen LogP contribution in [0.3, 0.4) is 0 Å². The van der Waals surface area contributed by atoms with Crippen LogP contribution in [-0.2, 0) is 13.5 Å². The SMILES string of the molecule is CC(NC(=O)NC1CCCc2c1cnn2C)C1CC1. The summed E-state index contributed by atoms with van der Waals surface area (Å²) >= 11 is 0. The molecule has 2 aliphatic carbocycles. The van der Waals surface area contributed by atoms with E-state index in [2.05, 4.69) is 22.7 Å². The Labute approximate surface area is 113 Å². The predicted octanol–water partition coefficient (Wildman–Crippen LogP) is 1.90. The number of rotatable bonds is 3. The van der Waals surface area contributed by atoms with Crippen molar-refractivity contribution in [1.29, 1.82) is 0 Å². The highest BCUT2D eigenvalue weighted by Gasteiger charge is 2.30. The summed E-state index contributed by atoms with van der Waals surface area (Å²) in [7, 11) is 1.97. The molecular weight excluding hydrogens is 240 g/mol. The van der Waals surface area contributed by atoms with Gasteiger partial charge in [-0.15, -0.1) is 0 Å². The van der Waals surface area contributed by atoms with Gasteiger partial charge in [0.1, 0.15) is 0 Å². The van der Waals surface area contributed by atoms with Crippen LogP contribution in [0.1, 0.15) is 49.9 Å². The molecule has 0 aliphatic heterocycles. The van der Waals surface area contributed by atoms with Crippen LogP contribution in [0.5, 0.6) is 0 Å². The minimum Gasteiger partial charge on any atom is -0.335 e. The average Bonchev–Trinajstić information content (AvgIpc) is 3.15. The van der Waals surface area contributed by atoms with Crippen LogP contribution in [0, 0.1) is 5.92 Å². The van der Waals surface area contributed by atoms with Crippen LogP contribution in [0.2, 0.25) is 0 Å². The van der Waals surface area contributed by atoms with Crippen molar-refractivity contribution in [3.8, 4) is 0 Å². The Balaban J connectivity index is 1.62. The van der Waals surface area contributed by atoms with Gasteiger partial charge in [0, 0.05) is 24.3 Å². The van der Waals surface area contributed by atoms with Crippen molar-refractivity contribution in [2.75, 3.05) is 0 Å². The van der Waals surface area contributed by atoms with E-state index >= 15 is 0 Å². The van der Waals surface area contributed by atoms with E-state index in [1.54, 1.807) is 0 Å². The van der Waals surface area contributed by atoms with E-state index in [1.807, 2.05) is 17.9 Å². The zero-order valence-corrected chi connectivity index (χ0v) is 11.6. The van der Waals surface area contributed by atoms with Gasteiger partial charge < -0.3 is 10.6 Å². The highest BCUT2D eigenvalue weighted by atomic mass is 16.2. The Morgan fingerprint density at radius 2 is 2.26 bits per heavy atom. The molecule has 0 aromatic carbocycles. The fraction of sp³-hybridized carbons (Fsp3) is 0.714. The molecule has 2 N–H and O–H groups in total. The van der Waals surface area contributed by atoms with E-state index in [-0.39, 0.29) is 18.1 Å². The summed E-state index contributed by atoms with van der Waals surface area (Å²) in [6.07, 6.45) is 7.56. The van der Waals surface area contributed by atoms with Crippen molar-refractivity contribution in [3.63, 3.8) is 0 Å². The van der Waals surface area contributed by atoms with E-state index in [4.69, 9.17) is 0 Å². The van der Waals surface area contributed by atoms with E-state index in [0.717, 1.165) is 19.3 Å². The van der Waals surface area contributed by atoms with Gasteiger partial charge in [0.2, 0.25) is 0 Å². The van der Waals surface area contributed by atoms with Crippen LogP contribution in [0.4, 0.5) is 4.79 Å². The van der Waals surface area contributed by atoms with Gasteiger partial charge in [-0.05, 0) is 44.9 Å². The average molecular weight is 262 g/mol. The van der Waals surface area contributed by atoms with Crippen LogP contribution in [0.25, 0.3) is 0 Å². The summed E-state index contributed by atoms with van der Waals surface area (Å²) in [5.74, 6) is 0.686. The molecule has 2 atom stereocenters. The van der Waals surface area contributed by atoms with Crippen molar-refractivity contribution < 1.29 is 4.79 Å². The van der Waals surface area contributed by atoms with Crippen molar-refractivity contribution in [2.45, 2.75) is 51.1 Å². The second-order valence-electron chi connectivity index (χ2n) is 5.86. The highest BCUT2D eigenvalue weighted by Crippen LogP contribution is 2.32. The van der Waals surface area contributed by atoms with Gasteiger partial charge in [-0.2, -0.15) is 5.10 Å². The van der Waals surface area contributed by atoms with E-state index < -0.39 is 0 Å². The van der Waals surface area contributed by atoms with Gasteiger partial charge in [0.15, 0.2) is 0 Å². The number of fused-ring (bicyclic) bond motifs is 1. The van der Waals surface area contributed by atoms with Crippen LogP contribution < -0.4 is 10.6 Å². The van der Waals surface area contributed by atoms with Crippen molar-refractivity contribution in [2.24, 2.45) is 13.0 Å². The first kappa shape index (κ1) is 12.5. The maximum Gasteiger partial charge on any atom is 0.315 e. The first-order chi connectivity index (χ1) is 9.15. The number of nitrogens with one attached hydrogen (secondary N) is 2. The van der Waals surface area contributed by atoms with E-state index in [1.165, 1.54) is 24.1 Å². The molecule has 2 amide bonds. The lowest BCUT2D eigenvalue weighted by molar-refractivity contribution is 0.231. The molecular formula is C14H22N4O. The number of aromatic nitrogens is 2. The third kappa shape index (κ3) is 2.60. The molecule has 2 aliphatic rings. The number of carbonyl (C=O) groups excluding carboxylic acids is 1. The normalized spacial score (nSPS) is 23.6. The molecule has 0 spiro atoms. The summed E-state index contributed by atoms with van der Waals surface area (Å²) in [5.41, 5.74) is 2.44. The molecule has 5 nitrogen and oxygen atoms in total. The minimum absolute atomic E-state index is 0.0406. The van der Waals surface area contributed by atoms with Gasteiger partial charge in [-0.25, -0.2) is 4.79 Å². The molecule has 1 aromatic rings. The van der Waals surface area contributed by atoms with Crippen LogP contribution in [0.15, 0.2) is 6.20 Å². The molecule has 1 aromatic heterocycles. The van der Waals surface area contributed by atoms with Gasteiger partial charge in [-0.1, -0.05) is 0 Å². The summed E-state index contributed by atoms with van der Waals surface area (Å²) in [5, 5.41) is 10.4. The Bertz CT molecular complexity index is 478. The molecule has 0 radical (unpaired) electrons. The standard InChI is InChI=1S/C14H22N4O/c1-9(10-6-7-10)16-14(19)17-12-4-3-5-13-11(12)8-15-18(13)2/h8-10,12H,3-7H2,1-2H3,(H2,16,17,19). The number of urea groups is 1. The molecule has 5 heteroatoms. The summed E-state index contributed by atoms with van der Waals surface area (Å²) < 4.78 is 1.92. The minimum atomic E-state index is -0.0406. The summed E-state index contributed by atoms with van der Waals surface area (Å²) in [4.78, 5) is 12.0. The second-order valence-corrected chi connectivity index (χ2v) is 5.86. The summed E-state index contributed by atoms with van der Waals surface area (Å²) in [6, 6.07) is 0.363. The topological polar surface area (TPSA) is 59.0 Å². The van der Waals surface area contributed by atoms with Crippen molar-refractivity contribution >= 4 is 6.03 Å². The number of aryl methyl sites for hydroxylation is 1. The van der Waals surface area contributed by atoms with Gasteiger partial charge in [0.25, 0.3) is 0 Å². The van der Waals surface area contributed by atoms with Gasteiger partial charge in [0.05, 0.1) is 12.2 Å². The van der Waals surface area contributed by atoms with Gasteiger partial charge in [-0.3, -0.25) is 4.68 Å². The molecule has 1 fully saturated rings. The number of carbonyl (C=O) groups is 1. The Morgan fingerprint density at radius 3 is 3.00 bits per heavy atom. The lowest BCUT2D eigenvalue weighted by Gasteiger charge is -2.25. The van der Waals surface area contributed by atoms with Crippen molar-refractivity contribution in [1.82, 2.24) is 20.4 Å². The van der Waals surface area contributed by atoms with E-state index in [0.29, 0.717) is 5.92 Å². The van der Waals surface area contributed by atoms with Gasteiger partial charge >= 0.3 is 6.03 Å². The molecule has 0 saturated heterocycles. The zero-order valence-electron chi connectivity index (χ0n) is 11.6. The quantitative estimate of drug-likeness (QED) is 0.874. The van der Waals surface area contributed by atoms with Crippen LogP contribution in [-0.4, -0.2) is 21.9 Å². The predicted molar refractivity (Wildman–Crippen MR) is 72.7 cm³/mol. The fourth-order valence-electron chi connectivity index (χ4n) is 2.98. The smallest absolute Gasteiger partial charge is 0.315 e. The third-order valence-electron chi connectivity index (χ3n) is 4.37. The molecule has 19 heavy (non-hydrogen) atoms. The Morgan fingerprint density at radius 1 is 1.47 bits per heavy atom. The Kier molecular flexibility index (Phi) is 3.21. The van der Waals surface area contributed by atoms with Crippen molar-refractivity contribution in [3.05, 3.63) is 17.5 Å². The van der Waals surface area contributed by atoms with E-state index in [9.17, 15) is 4.79 Å².